The van der Waals surface area contributed by atoms with E-state index >= 15 is 0 Å². The van der Waals surface area contributed by atoms with Crippen molar-refractivity contribution in [3.05, 3.63) is 54.5 Å². The van der Waals surface area contributed by atoms with Gasteiger partial charge in [0.05, 0.1) is 25.3 Å². The highest BCUT2D eigenvalue weighted by Crippen LogP contribution is 2.28. The van der Waals surface area contributed by atoms with E-state index in [0.29, 0.717) is 41.5 Å². The van der Waals surface area contributed by atoms with Gasteiger partial charge in [-0.05, 0) is 19.1 Å². The summed E-state index contributed by atoms with van der Waals surface area (Å²) in [5.41, 5.74) is 2.95. The van der Waals surface area contributed by atoms with Crippen LogP contribution in [0.3, 0.4) is 0 Å². The maximum Gasteiger partial charge on any atom is 0.363 e. The molecule has 152 valence electrons. The van der Waals surface area contributed by atoms with Gasteiger partial charge in [0.15, 0.2) is 18.0 Å². The number of rotatable bonds is 4. The van der Waals surface area contributed by atoms with Crippen molar-refractivity contribution in [3.8, 4) is 5.69 Å². The number of carbonyl (C=O) groups is 1. The van der Waals surface area contributed by atoms with E-state index in [0.717, 1.165) is 18.5 Å². The molecule has 8 heteroatoms. The predicted octanol–water partition coefficient (Wildman–Crippen LogP) is 2.67. The van der Waals surface area contributed by atoms with Crippen molar-refractivity contribution in [1.29, 1.82) is 0 Å². The van der Waals surface area contributed by atoms with E-state index in [1.54, 1.807) is 6.92 Å². The number of oxazole rings is 1. The average Bonchev–Trinajstić information content (AvgIpc) is 3.21. The lowest BCUT2D eigenvalue weighted by Crippen LogP contribution is -2.36. The fourth-order valence-corrected chi connectivity index (χ4v) is 3.57. The van der Waals surface area contributed by atoms with Crippen LogP contribution in [0, 0.1) is 0 Å². The Labute approximate surface area is 172 Å². The number of nitrogens with zero attached hydrogens (tertiary/aromatic N) is 4. The summed E-state index contributed by atoms with van der Waals surface area (Å²) in [6.07, 6.45) is 3.74. The summed E-state index contributed by atoms with van der Waals surface area (Å²) in [4.78, 5) is 23.9. The molecule has 0 amide bonds. The molecule has 0 radical (unpaired) electrons. The number of anilines is 1. The average molecular weight is 405 g/mol. The minimum absolute atomic E-state index is 0.261. The van der Waals surface area contributed by atoms with Crippen LogP contribution in [0.15, 0.2) is 53.2 Å². The summed E-state index contributed by atoms with van der Waals surface area (Å²) < 4.78 is 18.5. The van der Waals surface area contributed by atoms with Crippen LogP contribution < -0.4 is 9.47 Å². The monoisotopic (exact) mass is 405 g/mol. The fraction of sp³-hybridized carbons (Fsp3) is 0.273. The molecule has 0 bridgehead atoms. The van der Waals surface area contributed by atoms with Crippen molar-refractivity contribution in [2.45, 2.75) is 6.92 Å². The van der Waals surface area contributed by atoms with Crippen molar-refractivity contribution >= 4 is 34.0 Å². The first-order valence-corrected chi connectivity index (χ1v) is 9.95. The Hall–Kier alpha value is -3.52. The molecule has 1 aromatic carbocycles. The van der Waals surface area contributed by atoms with E-state index in [1.807, 2.05) is 53.4 Å². The van der Waals surface area contributed by atoms with Crippen LogP contribution in [0.2, 0.25) is 0 Å². The van der Waals surface area contributed by atoms with Crippen molar-refractivity contribution in [3.63, 3.8) is 0 Å². The summed E-state index contributed by atoms with van der Waals surface area (Å²) in [5, 5.41) is 0.853. The second-order valence-corrected chi connectivity index (χ2v) is 6.97. The third kappa shape index (κ3) is 3.35. The summed E-state index contributed by atoms with van der Waals surface area (Å²) in [7, 11) is 0. The van der Waals surface area contributed by atoms with Crippen molar-refractivity contribution in [2.75, 3.05) is 37.8 Å². The second kappa shape index (κ2) is 7.72. The van der Waals surface area contributed by atoms with Gasteiger partial charge >= 0.3 is 5.97 Å². The van der Waals surface area contributed by atoms with Gasteiger partial charge in [0, 0.05) is 36.7 Å². The van der Waals surface area contributed by atoms with Gasteiger partial charge in [0.1, 0.15) is 5.52 Å². The maximum absolute atomic E-state index is 12.6. The molecule has 1 saturated heterocycles. The molecule has 0 aliphatic carbocycles. The SMILES string of the molecule is CCOC(=O)c1nc2cc3nc(N4CCOCC4)oc3cc2cc1-[n+]1ccccc1. The first-order valence-electron chi connectivity index (χ1n) is 9.95. The van der Waals surface area contributed by atoms with Gasteiger partial charge in [-0.1, -0.05) is 6.07 Å². The van der Waals surface area contributed by atoms with Gasteiger partial charge in [-0.25, -0.2) is 9.78 Å². The van der Waals surface area contributed by atoms with Gasteiger partial charge in [-0.3, -0.25) is 0 Å². The molecular formula is C22H21N4O4+. The van der Waals surface area contributed by atoms with Crippen molar-refractivity contribution in [1.82, 2.24) is 9.97 Å². The Balaban J connectivity index is 1.66. The molecule has 1 aliphatic rings. The molecule has 30 heavy (non-hydrogen) atoms. The molecule has 0 N–H and O–H groups in total. The van der Waals surface area contributed by atoms with Gasteiger partial charge in [-0.15, -0.1) is 0 Å². The lowest BCUT2D eigenvalue weighted by molar-refractivity contribution is -0.596. The number of hydrogen-bond donors (Lipinski definition) is 0. The quantitative estimate of drug-likeness (QED) is 0.381. The van der Waals surface area contributed by atoms with Crippen LogP contribution in [0.25, 0.3) is 27.7 Å². The Bertz CT molecular complexity index is 1220. The van der Waals surface area contributed by atoms with Gasteiger partial charge in [0.25, 0.3) is 6.01 Å². The minimum Gasteiger partial charge on any atom is -0.461 e. The number of morpholine rings is 1. The Morgan fingerprint density at radius 3 is 2.67 bits per heavy atom. The molecular weight excluding hydrogens is 384 g/mol. The van der Waals surface area contributed by atoms with Crippen molar-refractivity contribution < 1.29 is 23.3 Å². The normalized spacial score (nSPS) is 14.4. The third-order valence-corrected chi connectivity index (χ3v) is 5.04. The third-order valence-electron chi connectivity index (χ3n) is 5.04. The van der Waals surface area contributed by atoms with E-state index in [-0.39, 0.29) is 12.3 Å². The van der Waals surface area contributed by atoms with Crippen LogP contribution in [0.4, 0.5) is 6.01 Å². The number of hydrogen-bond acceptors (Lipinski definition) is 7. The smallest absolute Gasteiger partial charge is 0.363 e. The van der Waals surface area contributed by atoms with E-state index in [2.05, 4.69) is 14.9 Å². The topological polar surface area (TPSA) is 81.6 Å². The molecule has 1 fully saturated rings. The zero-order chi connectivity index (χ0) is 20.5. The first kappa shape index (κ1) is 18.5. The molecule has 5 rings (SSSR count). The highest BCUT2D eigenvalue weighted by molar-refractivity contribution is 5.98. The van der Waals surface area contributed by atoms with E-state index < -0.39 is 5.97 Å². The Kier molecular flexibility index (Phi) is 4.76. The van der Waals surface area contributed by atoms with Crippen LogP contribution >= 0.6 is 0 Å². The van der Waals surface area contributed by atoms with Crippen LogP contribution in [0.1, 0.15) is 17.4 Å². The van der Waals surface area contributed by atoms with Crippen molar-refractivity contribution in [2.24, 2.45) is 0 Å². The number of fused-ring (bicyclic) bond motifs is 2. The van der Waals surface area contributed by atoms with Gasteiger partial charge < -0.3 is 18.8 Å². The fourth-order valence-electron chi connectivity index (χ4n) is 3.57. The van der Waals surface area contributed by atoms with Crippen LogP contribution in [0.5, 0.6) is 0 Å². The standard InChI is InChI=1S/C22H21N4O4/c1-2-29-21(27)20-18(25-6-4-3-5-7-25)12-15-13-19-17(14-16(15)23-20)24-22(30-19)26-8-10-28-11-9-26/h3-7,12-14H,2,8-11H2,1H3/q+1. The molecule has 0 spiro atoms. The lowest BCUT2D eigenvalue weighted by atomic mass is 10.1. The van der Waals surface area contributed by atoms with E-state index in [4.69, 9.17) is 13.9 Å². The summed E-state index contributed by atoms with van der Waals surface area (Å²) in [5.74, 6) is -0.458. The van der Waals surface area contributed by atoms with Crippen LogP contribution in [-0.4, -0.2) is 48.8 Å². The Morgan fingerprint density at radius 1 is 1.10 bits per heavy atom. The van der Waals surface area contributed by atoms with Gasteiger partial charge in [-0.2, -0.15) is 9.55 Å². The first-order chi connectivity index (χ1) is 14.7. The molecule has 8 nitrogen and oxygen atoms in total. The number of esters is 1. The maximum atomic E-state index is 12.6. The summed E-state index contributed by atoms with van der Waals surface area (Å²) in [6, 6.07) is 12.0. The lowest BCUT2D eigenvalue weighted by Gasteiger charge is -2.24. The highest BCUT2D eigenvalue weighted by atomic mass is 16.5. The molecule has 0 saturated carbocycles. The van der Waals surface area contributed by atoms with Crippen LogP contribution in [-0.2, 0) is 9.47 Å². The van der Waals surface area contributed by atoms with Gasteiger partial charge in [0.2, 0.25) is 11.4 Å². The Morgan fingerprint density at radius 2 is 1.90 bits per heavy atom. The number of benzene rings is 1. The number of pyridine rings is 2. The molecule has 3 aromatic heterocycles. The molecule has 0 atom stereocenters. The molecule has 4 aromatic rings. The molecule has 1 aliphatic heterocycles. The second-order valence-electron chi connectivity index (χ2n) is 6.97. The predicted molar refractivity (Wildman–Crippen MR) is 110 cm³/mol. The highest BCUT2D eigenvalue weighted by Gasteiger charge is 2.24. The zero-order valence-corrected chi connectivity index (χ0v) is 16.6. The zero-order valence-electron chi connectivity index (χ0n) is 16.6. The van der Waals surface area contributed by atoms with E-state index in [1.165, 1.54) is 0 Å². The molecule has 0 unspecified atom stereocenters. The molecule has 4 heterocycles. The summed E-state index contributed by atoms with van der Waals surface area (Å²) in [6.45, 7) is 4.85. The number of aromatic nitrogens is 3. The number of carbonyl (C=O) groups excluding carboxylic acids is 1. The number of ether oxygens (including phenoxy) is 2. The van der Waals surface area contributed by atoms with E-state index in [9.17, 15) is 4.79 Å². The summed E-state index contributed by atoms with van der Waals surface area (Å²) >= 11 is 0. The largest absolute Gasteiger partial charge is 0.461 e. The minimum atomic E-state index is -0.458.